The molecule has 5 nitrogen and oxygen atoms in total. The lowest BCUT2D eigenvalue weighted by atomic mass is 9.84. The summed E-state index contributed by atoms with van der Waals surface area (Å²) in [7, 11) is 5.52. The molecule has 2 saturated carbocycles. The summed E-state index contributed by atoms with van der Waals surface area (Å²) in [5, 5.41) is 6.91. The fraction of sp³-hybridized carbons (Fsp3) is 0.882. The van der Waals surface area contributed by atoms with Gasteiger partial charge in [-0.1, -0.05) is 26.2 Å². The van der Waals surface area contributed by atoms with Crippen LogP contribution in [0.3, 0.4) is 0 Å². The van der Waals surface area contributed by atoms with Gasteiger partial charge in [-0.05, 0) is 31.6 Å². The van der Waals surface area contributed by atoms with Gasteiger partial charge in [-0.25, -0.2) is 0 Å². The Morgan fingerprint density at radius 2 is 2.00 bits per heavy atom. The summed E-state index contributed by atoms with van der Waals surface area (Å²) in [5.41, 5.74) is -0.243. The zero-order valence-electron chi connectivity index (χ0n) is 14.6. The van der Waals surface area contributed by atoms with E-state index in [1.54, 1.807) is 4.90 Å². The molecule has 2 rings (SSSR count). The van der Waals surface area contributed by atoms with Crippen molar-refractivity contribution in [1.29, 1.82) is 0 Å². The van der Waals surface area contributed by atoms with Gasteiger partial charge in [0, 0.05) is 33.7 Å². The van der Waals surface area contributed by atoms with Crippen molar-refractivity contribution in [3.8, 4) is 0 Å². The molecular formula is C17H32N4O. The number of nitrogens with one attached hydrogen (secondary N) is 2. The van der Waals surface area contributed by atoms with Crippen LogP contribution in [0.1, 0.15) is 51.9 Å². The van der Waals surface area contributed by atoms with Gasteiger partial charge < -0.3 is 15.5 Å². The van der Waals surface area contributed by atoms with Crippen molar-refractivity contribution in [3.63, 3.8) is 0 Å². The van der Waals surface area contributed by atoms with Gasteiger partial charge in [0.25, 0.3) is 0 Å². The van der Waals surface area contributed by atoms with E-state index in [4.69, 9.17) is 0 Å². The predicted molar refractivity (Wildman–Crippen MR) is 90.9 cm³/mol. The number of nitrogens with zero attached hydrogens (tertiary/aromatic N) is 2. The number of amides is 1. The van der Waals surface area contributed by atoms with Crippen molar-refractivity contribution in [2.24, 2.45) is 16.3 Å². The predicted octanol–water partition coefficient (Wildman–Crippen LogP) is 1.99. The van der Waals surface area contributed by atoms with Crippen LogP contribution in [0, 0.1) is 11.3 Å². The Morgan fingerprint density at radius 1 is 1.32 bits per heavy atom. The van der Waals surface area contributed by atoms with E-state index in [9.17, 15) is 4.79 Å². The summed E-state index contributed by atoms with van der Waals surface area (Å²) in [6.45, 7) is 2.92. The number of hydrogen-bond donors (Lipinski definition) is 2. The van der Waals surface area contributed by atoms with Crippen LogP contribution in [0.2, 0.25) is 0 Å². The van der Waals surface area contributed by atoms with E-state index in [-0.39, 0.29) is 11.3 Å². The minimum Gasteiger partial charge on any atom is -0.355 e. The number of carbonyl (C=O) groups excluding carboxylic acids is 1. The first-order valence-electron chi connectivity index (χ1n) is 8.71. The van der Waals surface area contributed by atoms with Gasteiger partial charge in [-0.2, -0.15) is 0 Å². The van der Waals surface area contributed by atoms with E-state index in [0.717, 1.165) is 37.6 Å². The molecule has 0 aromatic heterocycles. The zero-order chi connectivity index (χ0) is 16.2. The minimum absolute atomic E-state index is 0.243. The molecule has 0 aliphatic heterocycles. The van der Waals surface area contributed by atoms with Crippen molar-refractivity contribution in [3.05, 3.63) is 0 Å². The molecule has 2 aliphatic rings. The summed E-state index contributed by atoms with van der Waals surface area (Å²) in [4.78, 5) is 18.6. The van der Waals surface area contributed by atoms with E-state index in [0.29, 0.717) is 12.6 Å². The SMILES string of the molecule is CCCC1CC1NC(=NC)NCC1(C(=O)N(C)C)CCCC1. The van der Waals surface area contributed by atoms with Crippen LogP contribution in [0.25, 0.3) is 0 Å². The molecule has 0 aromatic rings. The molecule has 0 spiro atoms. The highest BCUT2D eigenvalue weighted by Crippen LogP contribution is 2.39. The summed E-state index contributed by atoms with van der Waals surface area (Å²) in [6, 6.07) is 0.565. The van der Waals surface area contributed by atoms with Gasteiger partial charge in [0.2, 0.25) is 5.91 Å². The van der Waals surface area contributed by atoms with E-state index < -0.39 is 0 Å². The Balaban J connectivity index is 1.87. The monoisotopic (exact) mass is 308 g/mol. The number of rotatable bonds is 6. The molecule has 2 N–H and O–H groups in total. The second-order valence-corrected chi connectivity index (χ2v) is 7.15. The average molecular weight is 308 g/mol. The van der Waals surface area contributed by atoms with Gasteiger partial charge in [0.15, 0.2) is 5.96 Å². The first kappa shape index (κ1) is 17.1. The molecule has 2 fully saturated rings. The van der Waals surface area contributed by atoms with Crippen LogP contribution >= 0.6 is 0 Å². The second kappa shape index (κ2) is 7.34. The molecule has 0 saturated heterocycles. The Labute approximate surface area is 134 Å². The normalized spacial score (nSPS) is 26.6. The molecule has 2 aliphatic carbocycles. The number of hydrogen-bond acceptors (Lipinski definition) is 2. The Bertz CT molecular complexity index is 413. The van der Waals surface area contributed by atoms with Crippen molar-refractivity contribution in [1.82, 2.24) is 15.5 Å². The summed E-state index contributed by atoms with van der Waals surface area (Å²) < 4.78 is 0. The van der Waals surface area contributed by atoms with E-state index >= 15 is 0 Å². The summed E-state index contributed by atoms with van der Waals surface area (Å²) >= 11 is 0. The standard InChI is InChI=1S/C17H32N4O/c1-5-8-13-11-14(13)20-16(18-2)19-12-17(9-6-7-10-17)15(22)21(3)4/h13-14H,5-12H2,1-4H3,(H2,18,19,20). The molecule has 0 aromatic carbocycles. The van der Waals surface area contributed by atoms with E-state index in [1.807, 2.05) is 21.1 Å². The molecular weight excluding hydrogens is 276 g/mol. The fourth-order valence-corrected chi connectivity index (χ4v) is 3.73. The zero-order valence-corrected chi connectivity index (χ0v) is 14.6. The van der Waals surface area contributed by atoms with E-state index in [1.165, 1.54) is 19.3 Å². The highest BCUT2D eigenvalue weighted by molar-refractivity contribution is 5.85. The summed E-state index contributed by atoms with van der Waals surface area (Å²) in [6.07, 6.45) is 8.04. The molecule has 5 heteroatoms. The molecule has 0 radical (unpaired) electrons. The van der Waals surface area contributed by atoms with Gasteiger partial charge >= 0.3 is 0 Å². The first-order chi connectivity index (χ1) is 10.5. The molecule has 2 atom stereocenters. The molecule has 22 heavy (non-hydrogen) atoms. The Hall–Kier alpha value is -1.26. The highest BCUT2D eigenvalue weighted by atomic mass is 16.2. The van der Waals surface area contributed by atoms with Gasteiger partial charge in [0.05, 0.1) is 5.41 Å². The Kier molecular flexibility index (Phi) is 5.70. The minimum atomic E-state index is -0.243. The van der Waals surface area contributed by atoms with Crippen molar-refractivity contribution in [2.45, 2.75) is 57.9 Å². The quantitative estimate of drug-likeness (QED) is 0.583. The van der Waals surface area contributed by atoms with E-state index in [2.05, 4.69) is 22.5 Å². The third-order valence-corrected chi connectivity index (χ3v) is 5.14. The van der Waals surface area contributed by atoms with Crippen LogP contribution in [0.15, 0.2) is 4.99 Å². The molecule has 2 unspecified atom stereocenters. The van der Waals surface area contributed by atoms with Crippen molar-refractivity contribution < 1.29 is 4.79 Å². The smallest absolute Gasteiger partial charge is 0.230 e. The molecule has 126 valence electrons. The average Bonchev–Trinajstić information content (AvgIpc) is 3.05. The topological polar surface area (TPSA) is 56.7 Å². The fourth-order valence-electron chi connectivity index (χ4n) is 3.73. The number of carbonyl (C=O) groups is 1. The van der Waals surface area contributed by atoms with Crippen LogP contribution in [0.5, 0.6) is 0 Å². The first-order valence-corrected chi connectivity index (χ1v) is 8.71. The van der Waals surface area contributed by atoms with Crippen LogP contribution in [-0.2, 0) is 4.79 Å². The lowest BCUT2D eigenvalue weighted by Crippen LogP contribution is -2.49. The maximum Gasteiger partial charge on any atom is 0.230 e. The molecule has 1 amide bonds. The molecule has 0 heterocycles. The van der Waals surface area contributed by atoms with Gasteiger partial charge in [-0.15, -0.1) is 0 Å². The third kappa shape index (κ3) is 3.93. The van der Waals surface area contributed by atoms with Crippen molar-refractivity contribution >= 4 is 11.9 Å². The van der Waals surface area contributed by atoms with Crippen LogP contribution < -0.4 is 10.6 Å². The maximum atomic E-state index is 12.6. The highest BCUT2D eigenvalue weighted by Gasteiger charge is 2.42. The summed E-state index contributed by atoms with van der Waals surface area (Å²) in [5.74, 6) is 1.90. The maximum absolute atomic E-state index is 12.6. The third-order valence-electron chi connectivity index (χ3n) is 5.14. The van der Waals surface area contributed by atoms with Gasteiger partial charge in [0.1, 0.15) is 0 Å². The molecule has 0 bridgehead atoms. The van der Waals surface area contributed by atoms with Gasteiger partial charge in [-0.3, -0.25) is 9.79 Å². The van der Waals surface area contributed by atoms with Crippen LogP contribution in [0.4, 0.5) is 0 Å². The van der Waals surface area contributed by atoms with Crippen molar-refractivity contribution in [2.75, 3.05) is 27.7 Å². The number of aliphatic imine (C=N–C) groups is 1. The van der Waals surface area contributed by atoms with Crippen LogP contribution in [-0.4, -0.2) is 50.5 Å². The lowest BCUT2D eigenvalue weighted by Gasteiger charge is -2.31. The largest absolute Gasteiger partial charge is 0.355 e. The Morgan fingerprint density at radius 3 is 2.55 bits per heavy atom. The number of guanidine groups is 1. The lowest BCUT2D eigenvalue weighted by molar-refractivity contribution is -0.138. The second-order valence-electron chi connectivity index (χ2n) is 7.15.